The first-order chi connectivity index (χ1) is 15.1. The number of nitrogens with one attached hydrogen (secondary N) is 1. The van der Waals surface area contributed by atoms with Crippen LogP contribution in [-0.4, -0.2) is 60.0 Å². The van der Waals surface area contributed by atoms with Crippen LogP contribution < -0.4 is 19.1 Å². The summed E-state index contributed by atoms with van der Waals surface area (Å²) in [7, 11) is -7.31. The van der Waals surface area contributed by atoms with Gasteiger partial charge in [-0.1, -0.05) is 17.7 Å². The fourth-order valence-corrected chi connectivity index (χ4v) is 6.76. The number of ether oxygens (including phenoxy) is 2. The van der Waals surface area contributed by atoms with Gasteiger partial charge in [-0.3, -0.25) is 9.10 Å². The van der Waals surface area contributed by atoms with Crippen molar-refractivity contribution in [3.8, 4) is 11.5 Å². The molecule has 0 spiro atoms. The number of benzene rings is 2. The third kappa shape index (κ3) is 4.83. The van der Waals surface area contributed by atoms with Crippen molar-refractivity contribution in [3.05, 3.63) is 48.0 Å². The number of aryl methyl sites for hydroxylation is 1. The molecule has 0 aromatic heterocycles. The molecule has 0 saturated carbocycles. The molecule has 0 aliphatic carbocycles. The van der Waals surface area contributed by atoms with Crippen LogP contribution in [0.4, 0.5) is 5.69 Å². The van der Waals surface area contributed by atoms with Crippen molar-refractivity contribution >= 4 is 31.5 Å². The molecule has 11 heteroatoms. The van der Waals surface area contributed by atoms with Crippen LogP contribution >= 0.6 is 0 Å². The minimum absolute atomic E-state index is 0.00905. The van der Waals surface area contributed by atoms with Gasteiger partial charge in [-0.05, 0) is 37.6 Å². The zero-order valence-electron chi connectivity index (χ0n) is 17.5. The highest BCUT2D eigenvalue weighted by Gasteiger charge is 2.32. The number of anilines is 1. The van der Waals surface area contributed by atoms with Gasteiger partial charge >= 0.3 is 0 Å². The molecule has 1 atom stereocenters. The van der Waals surface area contributed by atoms with Crippen molar-refractivity contribution in [2.45, 2.75) is 24.3 Å². The van der Waals surface area contributed by atoms with E-state index in [4.69, 9.17) is 9.47 Å². The topological polar surface area (TPSA) is 119 Å². The van der Waals surface area contributed by atoms with Gasteiger partial charge in [0.25, 0.3) is 10.0 Å². The molecule has 172 valence electrons. The van der Waals surface area contributed by atoms with Crippen molar-refractivity contribution in [2.75, 3.05) is 35.6 Å². The Morgan fingerprint density at radius 3 is 2.44 bits per heavy atom. The lowest BCUT2D eigenvalue weighted by atomic mass is 10.2. The molecular formula is C21H24N2O7S2. The Labute approximate surface area is 187 Å². The first kappa shape index (κ1) is 22.4. The predicted molar refractivity (Wildman–Crippen MR) is 118 cm³/mol. The molecule has 2 aliphatic heterocycles. The van der Waals surface area contributed by atoms with Gasteiger partial charge in [0.2, 0.25) is 5.91 Å². The molecule has 2 aromatic carbocycles. The Balaban J connectivity index is 1.63. The Morgan fingerprint density at radius 1 is 1.09 bits per heavy atom. The summed E-state index contributed by atoms with van der Waals surface area (Å²) in [4.78, 5) is 12.7. The minimum atomic E-state index is -4.13. The number of hydrogen-bond acceptors (Lipinski definition) is 7. The van der Waals surface area contributed by atoms with Crippen LogP contribution in [0.3, 0.4) is 0 Å². The fraction of sp³-hybridized carbons (Fsp3) is 0.381. The van der Waals surface area contributed by atoms with Crippen LogP contribution in [0.15, 0.2) is 47.4 Å². The lowest BCUT2D eigenvalue weighted by molar-refractivity contribution is -0.120. The lowest BCUT2D eigenvalue weighted by Crippen LogP contribution is -2.44. The van der Waals surface area contributed by atoms with E-state index < -0.39 is 38.4 Å². The lowest BCUT2D eigenvalue weighted by Gasteiger charge is -2.26. The van der Waals surface area contributed by atoms with E-state index in [9.17, 15) is 21.6 Å². The van der Waals surface area contributed by atoms with E-state index in [1.165, 1.54) is 18.2 Å². The molecule has 1 saturated heterocycles. The third-order valence-corrected chi connectivity index (χ3v) is 8.85. The Hall–Kier alpha value is -2.79. The highest BCUT2D eigenvalue weighted by Crippen LogP contribution is 2.34. The molecule has 2 heterocycles. The maximum atomic E-state index is 13.5. The number of rotatable bonds is 6. The second-order valence-corrected chi connectivity index (χ2v) is 11.9. The second-order valence-electron chi connectivity index (χ2n) is 7.82. The van der Waals surface area contributed by atoms with Crippen LogP contribution in [0.2, 0.25) is 0 Å². The average Bonchev–Trinajstić information content (AvgIpc) is 3.10. The largest absolute Gasteiger partial charge is 0.486 e. The number of sulfonamides is 1. The van der Waals surface area contributed by atoms with Gasteiger partial charge in [0.05, 0.1) is 22.1 Å². The molecular weight excluding hydrogens is 456 g/mol. The number of carbonyl (C=O) groups is 1. The van der Waals surface area contributed by atoms with E-state index in [-0.39, 0.29) is 16.4 Å². The molecule has 0 bridgehead atoms. The Kier molecular flexibility index (Phi) is 6.04. The van der Waals surface area contributed by atoms with Crippen molar-refractivity contribution in [1.82, 2.24) is 5.32 Å². The number of sulfone groups is 1. The Bertz CT molecular complexity index is 1230. The van der Waals surface area contributed by atoms with E-state index in [1.807, 2.05) is 6.92 Å². The summed E-state index contributed by atoms with van der Waals surface area (Å²) in [6, 6.07) is 10.5. The average molecular weight is 481 g/mol. The van der Waals surface area contributed by atoms with Crippen molar-refractivity contribution in [1.29, 1.82) is 0 Å². The highest BCUT2D eigenvalue weighted by molar-refractivity contribution is 7.93. The highest BCUT2D eigenvalue weighted by atomic mass is 32.2. The fourth-order valence-electron chi connectivity index (χ4n) is 3.65. The van der Waals surface area contributed by atoms with E-state index in [2.05, 4.69) is 5.32 Å². The van der Waals surface area contributed by atoms with Gasteiger partial charge in [-0.2, -0.15) is 0 Å². The number of fused-ring (bicyclic) bond motifs is 1. The van der Waals surface area contributed by atoms with Crippen LogP contribution in [0.25, 0.3) is 0 Å². The van der Waals surface area contributed by atoms with Gasteiger partial charge in [-0.25, -0.2) is 16.8 Å². The molecule has 1 amide bonds. The molecule has 32 heavy (non-hydrogen) atoms. The normalized spacial score (nSPS) is 19.3. The van der Waals surface area contributed by atoms with Gasteiger partial charge in [0.1, 0.15) is 19.8 Å². The minimum Gasteiger partial charge on any atom is -0.486 e. The van der Waals surface area contributed by atoms with Crippen molar-refractivity contribution < 1.29 is 31.1 Å². The molecule has 1 N–H and O–H groups in total. The summed E-state index contributed by atoms with van der Waals surface area (Å²) in [5.74, 6) is 0.0701. The SMILES string of the molecule is Cc1ccc(N(CC(=O)N[C@H]2CCS(=O)(=O)C2)S(=O)(=O)c2ccc3c(c2)OCCO3)cc1. The molecule has 4 rings (SSSR count). The van der Waals surface area contributed by atoms with Crippen LogP contribution in [-0.2, 0) is 24.7 Å². The molecule has 2 aliphatic rings. The van der Waals surface area contributed by atoms with Gasteiger partial charge in [0.15, 0.2) is 21.3 Å². The predicted octanol–water partition coefficient (Wildman–Crippen LogP) is 1.26. The molecule has 0 unspecified atom stereocenters. The molecule has 2 aromatic rings. The monoisotopic (exact) mass is 480 g/mol. The van der Waals surface area contributed by atoms with Gasteiger partial charge in [-0.15, -0.1) is 0 Å². The molecule has 0 radical (unpaired) electrons. The number of nitrogens with zero attached hydrogens (tertiary/aromatic N) is 1. The molecule has 9 nitrogen and oxygen atoms in total. The van der Waals surface area contributed by atoms with Crippen molar-refractivity contribution in [2.24, 2.45) is 0 Å². The number of carbonyl (C=O) groups excluding carboxylic acids is 1. The maximum Gasteiger partial charge on any atom is 0.264 e. The first-order valence-corrected chi connectivity index (χ1v) is 13.4. The zero-order valence-corrected chi connectivity index (χ0v) is 19.1. The van der Waals surface area contributed by atoms with Crippen LogP contribution in [0, 0.1) is 6.92 Å². The zero-order chi connectivity index (χ0) is 22.9. The van der Waals surface area contributed by atoms with E-state index in [1.54, 1.807) is 24.3 Å². The van der Waals surface area contributed by atoms with E-state index in [0.717, 1.165) is 9.87 Å². The number of amides is 1. The van der Waals surface area contributed by atoms with Crippen molar-refractivity contribution in [3.63, 3.8) is 0 Å². The smallest absolute Gasteiger partial charge is 0.264 e. The van der Waals surface area contributed by atoms with Gasteiger partial charge < -0.3 is 14.8 Å². The van der Waals surface area contributed by atoms with E-state index >= 15 is 0 Å². The van der Waals surface area contributed by atoms with Gasteiger partial charge in [0, 0.05) is 12.1 Å². The maximum absolute atomic E-state index is 13.5. The summed E-state index contributed by atoms with van der Waals surface area (Å²) in [5, 5.41) is 2.65. The number of hydrogen-bond donors (Lipinski definition) is 1. The summed E-state index contributed by atoms with van der Waals surface area (Å²) in [6.45, 7) is 2.07. The second kappa shape index (κ2) is 8.62. The molecule has 1 fully saturated rings. The van der Waals surface area contributed by atoms with E-state index in [0.29, 0.717) is 36.8 Å². The summed E-state index contributed by atoms with van der Waals surface area (Å²) in [6.07, 6.45) is 0.313. The summed E-state index contributed by atoms with van der Waals surface area (Å²) < 4.78 is 62.4. The third-order valence-electron chi connectivity index (χ3n) is 5.31. The standard InChI is InChI=1S/C21H24N2O7S2/c1-15-2-4-17(5-3-15)23(13-21(24)22-16-8-11-31(25,26)14-16)32(27,28)18-6-7-19-20(12-18)30-10-9-29-19/h2-7,12,16H,8-11,13-14H2,1H3,(H,22,24)/t16-/m0/s1. The Morgan fingerprint density at radius 2 is 1.78 bits per heavy atom. The summed E-state index contributed by atoms with van der Waals surface area (Å²) >= 11 is 0. The first-order valence-electron chi connectivity index (χ1n) is 10.1. The van der Waals surface area contributed by atoms with Crippen LogP contribution in [0.5, 0.6) is 11.5 Å². The van der Waals surface area contributed by atoms with Crippen LogP contribution in [0.1, 0.15) is 12.0 Å². The quantitative estimate of drug-likeness (QED) is 0.661. The summed E-state index contributed by atoms with van der Waals surface area (Å²) in [5.41, 5.74) is 1.26.